The van der Waals surface area contributed by atoms with Crippen LogP contribution in [0.1, 0.15) is 16.1 Å². The topological polar surface area (TPSA) is 92.8 Å². The van der Waals surface area contributed by atoms with Gasteiger partial charge in [-0.3, -0.25) is 14.7 Å². The van der Waals surface area contributed by atoms with Crippen molar-refractivity contribution in [1.29, 1.82) is 0 Å². The fraction of sp³-hybridized carbons (Fsp3) is 0.222. The molecule has 0 unspecified atom stereocenters. The number of aromatic nitrogens is 1. The Morgan fingerprint density at radius 1 is 1.16 bits per heavy atom. The molecule has 1 fully saturated rings. The first kappa shape index (κ1) is 25.2. The summed E-state index contributed by atoms with van der Waals surface area (Å²) in [7, 11) is 0. The number of anilines is 2. The van der Waals surface area contributed by atoms with Gasteiger partial charge in [0, 0.05) is 64.7 Å². The Bertz CT molecular complexity index is 1380. The Balaban J connectivity index is 1.39. The fourth-order valence-corrected chi connectivity index (χ4v) is 5.50. The number of ether oxygens (including phenoxy) is 1. The molecule has 1 amide bonds. The van der Waals surface area contributed by atoms with Crippen LogP contribution in [0.3, 0.4) is 0 Å². The summed E-state index contributed by atoms with van der Waals surface area (Å²) < 4.78 is 19.0. The minimum absolute atomic E-state index is 0.328. The van der Waals surface area contributed by atoms with Gasteiger partial charge in [-0.15, -0.1) is 11.3 Å². The van der Waals surface area contributed by atoms with E-state index in [9.17, 15) is 9.18 Å². The summed E-state index contributed by atoms with van der Waals surface area (Å²) in [5.74, 6) is -0.671. The third-order valence-electron chi connectivity index (χ3n) is 6.01. The van der Waals surface area contributed by atoms with Gasteiger partial charge in [0.25, 0.3) is 5.91 Å². The summed E-state index contributed by atoms with van der Waals surface area (Å²) in [6.45, 7) is 4.78. The zero-order valence-corrected chi connectivity index (χ0v) is 21.7. The van der Waals surface area contributed by atoms with Crippen molar-refractivity contribution in [2.75, 3.05) is 50.4 Å². The van der Waals surface area contributed by atoms with Crippen LogP contribution in [-0.2, 0) is 4.74 Å². The van der Waals surface area contributed by atoms with E-state index in [-0.39, 0.29) is 11.7 Å². The maximum atomic E-state index is 13.6. The number of morpholine rings is 1. The molecule has 1 aliphatic rings. The smallest absolute Gasteiger partial charge is 0.275 e. The molecule has 10 heteroatoms. The van der Waals surface area contributed by atoms with Crippen molar-refractivity contribution >= 4 is 46.2 Å². The van der Waals surface area contributed by atoms with Crippen LogP contribution in [0.15, 0.2) is 63.6 Å². The molecule has 190 valence electrons. The van der Waals surface area contributed by atoms with E-state index in [4.69, 9.17) is 10.5 Å². The standard InChI is InChI=1S/C27H26FN5O2S2/c28-21-3-1-18(2-4-21)22-14-23(29)20(15-30-6-7-33-8-10-35-11-9-33)13-24(22)31-26(34)25-17-37-27(32-25)19-5-12-36-16-19/h1-5,12-17H,6-11,29H2,(H,31,34). The zero-order valence-electron chi connectivity index (χ0n) is 20.0. The van der Waals surface area contributed by atoms with E-state index in [0.717, 1.165) is 49.0 Å². The first-order valence-electron chi connectivity index (χ1n) is 11.9. The van der Waals surface area contributed by atoms with E-state index in [1.54, 1.807) is 47.2 Å². The number of thiophene rings is 1. The molecular weight excluding hydrogens is 509 g/mol. The average molecular weight is 536 g/mol. The maximum Gasteiger partial charge on any atom is 0.275 e. The van der Waals surface area contributed by atoms with Gasteiger partial charge in [-0.25, -0.2) is 9.37 Å². The summed E-state index contributed by atoms with van der Waals surface area (Å²) in [6.07, 6.45) is 1.73. The quantitative estimate of drug-likeness (QED) is 0.237. The van der Waals surface area contributed by atoms with Gasteiger partial charge in [0.05, 0.1) is 19.8 Å². The molecule has 37 heavy (non-hydrogen) atoms. The molecule has 0 saturated carbocycles. The second-order valence-corrected chi connectivity index (χ2v) is 10.2. The van der Waals surface area contributed by atoms with Gasteiger partial charge in [0.2, 0.25) is 0 Å². The Kier molecular flexibility index (Phi) is 8.00. The van der Waals surface area contributed by atoms with Gasteiger partial charge in [-0.05, 0) is 41.3 Å². The first-order valence-corrected chi connectivity index (χ1v) is 13.7. The number of benzene rings is 2. The maximum absolute atomic E-state index is 13.6. The van der Waals surface area contributed by atoms with Crippen molar-refractivity contribution in [3.05, 3.63) is 75.7 Å². The highest BCUT2D eigenvalue weighted by Crippen LogP contribution is 2.33. The molecule has 3 heterocycles. The van der Waals surface area contributed by atoms with Crippen LogP contribution in [0.5, 0.6) is 0 Å². The lowest BCUT2D eigenvalue weighted by molar-refractivity contribution is 0.0395. The first-order chi connectivity index (χ1) is 18.1. The molecule has 0 aliphatic carbocycles. The summed E-state index contributed by atoms with van der Waals surface area (Å²) >= 11 is 3.00. The molecule has 0 radical (unpaired) electrons. The number of thiazole rings is 1. The van der Waals surface area contributed by atoms with E-state index < -0.39 is 0 Å². The highest BCUT2D eigenvalue weighted by atomic mass is 32.1. The number of rotatable bonds is 8. The predicted molar refractivity (Wildman–Crippen MR) is 149 cm³/mol. The SMILES string of the molecule is Nc1cc(-c2ccc(F)cc2)c(NC(=O)c2csc(-c3ccsc3)n2)cc1C=NCCN1CCOCC1. The van der Waals surface area contributed by atoms with E-state index in [1.807, 2.05) is 16.8 Å². The molecule has 2 aromatic carbocycles. The molecule has 0 bridgehead atoms. The van der Waals surface area contributed by atoms with Gasteiger partial charge in [-0.1, -0.05) is 12.1 Å². The van der Waals surface area contributed by atoms with Gasteiger partial charge in [0.15, 0.2) is 0 Å². The fourth-order valence-electron chi connectivity index (χ4n) is 3.99. The Morgan fingerprint density at radius 2 is 1.97 bits per heavy atom. The summed E-state index contributed by atoms with van der Waals surface area (Å²) in [6, 6.07) is 11.6. The Labute approximate surface area is 222 Å². The molecular formula is C27H26FN5O2S2. The molecule has 0 spiro atoms. The minimum atomic E-state index is -0.338. The third kappa shape index (κ3) is 6.28. The molecule has 5 rings (SSSR count). The average Bonchev–Trinajstić information content (AvgIpc) is 3.62. The van der Waals surface area contributed by atoms with Crippen molar-refractivity contribution in [3.8, 4) is 21.7 Å². The second-order valence-electron chi connectivity index (χ2n) is 8.53. The third-order valence-corrected chi connectivity index (χ3v) is 7.59. The van der Waals surface area contributed by atoms with E-state index in [0.29, 0.717) is 34.7 Å². The number of carbonyl (C=O) groups excluding carboxylic acids is 1. The largest absolute Gasteiger partial charge is 0.398 e. The van der Waals surface area contributed by atoms with Crippen LogP contribution >= 0.6 is 22.7 Å². The number of halogens is 1. The highest BCUT2D eigenvalue weighted by molar-refractivity contribution is 7.14. The lowest BCUT2D eigenvalue weighted by atomic mass is 10.00. The van der Waals surface area contributed by atoms with E-state index in [1.165, 1.54) is 23.5 Å². The number of hydrogen-bond acceptors (Lipinski definition) is 8. The van der Waals surface area contributed by atoms with Crippen LogP contribution in [-0.4, -0.2) is 61.4 Å². The second kappa shape index (κ2) is 11.7. The Hall–Kier alpha value is -3.44. The molecule has 0 atom stereocenters. The van der Waals surface area contributed by atoms with Gasteiger partial charge < -0.3 is 15.8 Å². The molecule has 1 aliphatic heterocycles. The van der Waals surface area contributed by atoms with Crippen LogP contribution in [0.25, 0.3) is 21.7 Å². The number of aliphatic imine (C=N–C) groups is 1. The van der Waals surface area contributed by atoms with Crippen molar-refractivity contribution in [2.45, 2.75) is 0 Å². The van der Waals surface area contributed by atoms with Crippen molar-refractivity contribution in [3.63, 3.8) is 0 Å². The van der Waals surface area contributed by atoms with Crippen molar-refractivity contribution in [1.82, 2.24) is 9.88 Å². The number of nitrogens with two attached hydrogens (primary N) is 1. The van der Waals surface area contributed by atoms with Gasteiger partial charge >= 0.3 is 0 Å². The molecule has 3 N–H and O–H groups in total. The van der Waals surface area contributed by atoms with Crippen LogP contribution in [0, 0.1) is 5.82 Å². The van der Waals surface area contributed by atoms with Crippen molar-refractivity contribution < 1.29 is 13.9 Å². The molecule has 2 aromatic heterocycles. The van der Waals surface area contributed by atoms with Gasteiger partial charge in [-0.2, -0.15) is 11.3 Å². The monoisotopic (exact) mass is 535 g/mol. The Morgan fingerprint density at radius 3 is 2.73 bits per heavy atom. The zero-order chi connectivity index (χ0) is 25.6. The molecule has 4 aromatic rings. The van der Waals surface area contributed by atoms with Gasteiger partial charge in [0.1, 0.15) is 16.5 Å². The van der Waals surface area contributed by atoms with Crippen LogP contribution in [0.4, 0.5) is 15.8 Å². The number of amides is 1. The number of nitrogen functional groups attached to an aromatic ring is 1. The lowest BCUT2D eigenvalue weighted by Gasteiger charge is -2.25. The summed E-state index contributed by atoms with van der Waals surface area (Å²) in [4.78, 5) is 24.5. The molecule has 1 saturated heterocycles. The van der Waals surface area contributed by atoms with Crippen LogP contribution < -0.4 is 11.1 Å². The van der Waals surface area contributed by atoms with Crippen molar-refractivity contribution in [2.24, 2.45) is 4.99 Å². The predicted octanol–water partition coefficient (Wildman–Crippen LogP) is 5.26. The summed E-state index contributed by atoms with van der Waals surface area (Å²) in [5.41, 5.74) is 10.9. The van der Waals surface area contributed by atoms with Crippen LogP contribution in [0.2, 0.25) is 0 Å². The highest BCUT2D eigenvalue weighted by Gasteiger charge is 2.17. The summed E-state index contributed by atoms with van der Waals surface area (Å²) in [5, 5.41) is 9.49. The van der Waals surface area contributed by atoms with E-state index in [2.05, 4.69) is 20.2 Å². The number of nitrogens with one attached hydrogen (secondary N) is 1. The number of hydrogen-bond donors (Lipinski definition) is 2. The minimum Gasteiger partial charge on any atom is -0.398 e. The molecule has 7 nitrogen and oxygen atoms in total. The number of carbonyl (C=O) groups is 1. The normalized spacial score (nSPS) is 14.3. The lowest BCUT2D eigenvalue weighted by Crippen LogP contribution is -2.37. The number of nitrogens with zero attached hydrogens (tertiary/aromatic N) is 3. The van der Waals surface area contributed by atoms with E-state index >= 15 is 0 Å².